The zero-order valence-corrected chi connectivity index (χ0v) is 19.4. The number of methoxy groups -OCH3 is 1. The first-order valence-electron chi connectivity index (χ1n) is 10.4. The van der Waals surface area contributed by atoms with E-state index in [4.69, 9.17) is 21.1 Å². The Kier molecular flexibility index (Phi) is 8.82. The van der Waals surface area contributed by atoms with E-state index in [1.165, 1.54) is 43.5 Å². The number of nitrogens with one attached hydrogen (secondary N) is 2. The number of carbonyl (C=O) groups is 2. The zero-order chi connectivity index (χ0) is 25.2. The third-order valence-electron chi connectivity index (χ3n) is 4.72. The first-order chi connectivity index (χ1) is 16.9. The number of para-hydroxylation sites is 1. The maximum atomic E-state index is 13.7. The van der Waals surface area contributed by atoms with E-state index in [-0.39, 0.29) is 34.3 Å². The average molecular weight is 494 g/mol. The SMILES string of the molecule is COc1cc(/C=C(\C#N)C(=O)NCc2ccccc2)cc(Cl)c1OCC(=O)Nc1ccccc1F. The minimum atomic E-state index is -0.598. The number of carbonyl (C=O) groups excluding carboxylic acids is 2. The topological polar surface area (TPSA) is 100 Å². The summed E-state index contributed by atoms with van der Waals surface area (Å²) >= 11 is 6.32. The summed E-state index contributed by atoms with van der Waals surface area (Å²) in [7, 11) is 1.38. The van der Waals surface area contributed by atoms with E-state index >= 15 is 0 Å². The lowest BCUT2D eigenvalue weighted by atomic mass is 10.1. The molecule has 0 aromatic heterocycles. The van der Waals surface area contributed by atoms with Gasteiger partial charge in [0.2, 0.25) is 0 Å². The second kappa shape index (κ2) is 12.2. The normalized spacial score (nSPS) is 10.7. The van der Waals surface area contributed by atoms with E-state index in [2.05, 4.69) is 10.6 Å². The molecule has 2 amide bonds. The fourth-order valence-corrected chi connectivity index (χ4v) is 3.31. The van der Waals surface area contributed by atoms with Crippen molar-refractivity contribution in [2.24, 2.45) is 0 Å². The lowest BCUT2D eigenvalue weighted by Gasteiger charge is -2.14. The molecular formula is C26H21ClFN3O4. The van der Waals surface area contributed by atoms with Gasteiger partial charge in [0, 0.05) is 6.54 Å². The summed E-state index contributed by atoms with van der Waals surface area (Å²) < 4.78 is 24.5. The molecule has 0 heterocycles. The molecule has 0 saturated heterocycles. The van der Waals surface area contributed by atoms with Crippen molar-refractivity contribution < 1.29 is 23.5 Å². The maximum Gasteiger partial charge on any atom is 0.262 e. The van der Waals surface area contributed by atoms with Gasteiger partial charge in [0.25, 0.3) is 11.8 Å². The molecule has 0 aliphatic rings. The van der Waals surface area contributed by atoms with E-state index in [0.29, 0.717) is 5.56 Å². The Morgan fingerprint density at radius 1 is 1.11 bits per heavy atom. The van der Waals surface area contributed by atoms with Crippen molar-refractivity contribution in [2.75, 3.05) is 19.0 Å². The van der Waals surface area contributed by atoms with Gasteiger partial charge in [0.1, 0.15) is 17.5 Å². The third-order valence-corrected chi connectivity index (χ3v) is 5.00. The maximum absolute atomic E-state index is 13.7. The predicted molar refractivity (Wildman–Crippen MR) is 130 cm³/mol. The van der Waals surface area contributed by atoms with Crippen molar-refractivity contribution in [2.45, 2.75) is 6.54 Å². The van der Waals surface area contributed by atoms with Crippen molar-refractivity contribution in [3.05, 3.63) is 94.3 Å². The Morgan fingerprint density at radius 2 is 1.83 bits per heavy atom. The van der Waals surface area contributed by atoms with Crippen LogP contribution < -0.4 is 20.1 Å². The first kappa shape index (κ1) is 25.3. The van der Waals surface area contributed by atoms with Crippen LogP contribution in [-0.4, -0.2) is 25.5 Å². The van der Waals surface area contributed by atoms with Gasteiger partial charge in [0.05, 0.1) is 17.8 Å². The number of ether oxygens (including phenoxy) is 2. The van der Waals surface area contributed by atoms with Crippen molar-refractivity contribution in [1.82, 2.24) is 5.32 Å². The predicted octanol–water partition coefficient (Wildman–Crippen LogP) is 4.73. The van der Waals surface area contributed by atoms with Gasteiger partial charge in [0.15, 0.2) is 18.1 Å². The highest BCUT2D eigenvalue weighted by Crippen LogP contribution is 2.37. The fraction of sp³-hybridized carbons (Fsp3) is 0.115. The van der Waals surface area contributed by atoms with E-state index in [1.54, 1.807) is 6.07 Å². The summed E-state index contributed by atoms with van der Waals surface area (Å²) in [5.41, 5.74) is 1.20. The molecule has 0 atom stereocenters. The number of nitrogens with zero attached hydrogens (tertiary/aromatic N) is 1. The smallest absolute Gasteiger partial charge is 0.262 e. The van der Waals surface area contributed by atoms with Crippen LogP contribution in [0.25, 0.3) is 6.08 Å². The van der Waals surface area contributed by atoms with Gasteiger partial charge in [-0.1, -0.05) is 54.1 Å². The number of halogens is 2. The molecule has 0 spiro atoms. The standard InChI is InChI=1S/C26H21ClFN3O4/c1-34-23-13-18(11-19(14-29)26(33)30-15-17-7-3-2-4-8-17)12-20(27)25(23)35-16-24(32)31-22-10-6-5-9-21(22)28/h2-13H,15-16H2,1H3,(H,30,33)(H,31,32)/b19-11+. The molecular weight excluding hydrogens is 473 g/mol. The largest absolute Gasteiger partial charge is 0.493 e. The average Bonchev–Trinajstić information content (AvgIpc) is 2.86. The monoisotopic (exact) mass is 493 g/mol. The van der Waals surface area contributed by atoms with E-state index in [9.17, 15) is 19.2 Å². The zero-order valence-electron chi connectivity index (χ0n) is 18.7. The number of nitriles is 1. The molecule has 7 nitrogen and oxygen atoms in total. The van der Waals surface area contributed by atoms with Crippen molar-refractivity contribution in [3.63, 3.8) is 0 Å². The van der Waals surface area contributed by atoms with Gasteiger partial charge in [-0.2, -0.15) is 5.26 Å². The quantitative estimate of drug-likeness (QED) is 0.331. The van der Waals surface area contributed by atoms with Crippen LogP contribution in [0.3, 0.4) is 0 Å². The Bertz CT molecular complexity index is 1290. The number of amides is 2. The first-order valence-corrected chi connectivity index (χ1v) is 10.8. The summed E-state index contributed by atoms with van der Waals surface area (Å²) in [6, 6.07) is 19.9. The van der Waals surface area contributed by atoms with Crippen LogP contribution in [0.1, 0.15) is 11.1 Å². The number of hydrogen-bond donors (Lipinski definition) is 2. The van der Waals surface area contributed by atoms with Crippen LogP contribution in [0.4, 0.5) is 10.1 Å². The van der Waals surface area contributed by atoms with Crippen LogP contribution >= 0.6 is 11.6 Å². The molecule has 0 aliphatic carbocycles. The van der Waals surface area contributed by atoms with E-state index in [0.717, 1.165) is 5.56 Å². The Morgan fingerprint density at radius 3 is 2.51 bits per heavy atom. The number of hydrogen-bond acceptors (Lipinski definition) is 5. The van der Waals surface area contributed by atoms with Crippen molar-refractivity contribution in [1.29, 1.82) is 5.26 Å². The van der Waals surface area contributed by atoms with Crippen LogP contribution in [0.15, 0.2) is 72.3 Å². The molecule has 2 N–H and O–H groups in total. The van der Waals surface area contributed by atoms with Gasteiger partial charge in [-0.05, 0) is 41.5 Å². The minimum Gasteiger partial charge on any atom is -0.493 e. The molecule has 0 aliphatic heterocycles. The number of benzene rings is 3. The molecule has 0 fully saturated rings. The molecule has 9 heteroatoms. The number of rotatable bonds is 9. The van der Waals surface area contributed by atoms with Gasteiger partial charge in [-0.25, -0.2) is 4.39 Å². The van der Waals surface area contributed by atoms with Gasteiger partial charge in [-0.3, -0.25) is 9.59 Å². The Balaban J connectivity index is 1.70. The molecule has 3 rings (SSSR count). The lowest BCUT2D eigenvalue weighted by molar-refractivity contribution is -0.118. The molecule has 0 radical (unpaired) electrons. The molecule has 3 aromatic carbocycles. The second-order valence-corrected chi connectivity index (χ2v) is 7.60. The molecule has 178 valence electrons. The highest BCUT2D eigenvalue weighted by molar-refractivity contribution is 6.32. The molecule has 0 unspecified atom stereocenters. The minimum absolute atomic E-state index is 0.0224. The summed E-state index contributed by atoms with van der Waals surface area (Å²) in [5.74, 6) is -1.45. The van der Waals surface area contributed by atoms with Gasteiger partial charge >= 0.3 is 0 Å². The molecule has 35 heavy (non-hydrogen) atoms. The van der Waals surface area contributed by atoms with Crippen LogP contribution in [0.5, 0.6) is 11.5 Å². The van der Waals surface area contributed by atoms with E-state index in [1.807, 2.05) is 36.4 Å². The van der Waals surface area contributed by atoms with Crippen LogP contribution in [0.2, 0.25) is 5.02 Å². The summed E-state index contributed by atoms with van der Waals surface area (Å²) in [5, 5.41) is 14.6. The Hall–Kier alpha value is -4.35. The highest BCUT2D eigenvalue weighted by Gasteiger charge is 2.16. The van der Waals surface area contributed by atoms with Gasteiger partial charge < -0.3 is 20.1 Å². The molecule has 0 bridgehead atoms. The molecule has 3 aromatic rings. The second-order valence-electron chi connectivity index (χ2n) is 7.19. The highest BCUT2D eigenvalue weighted by atomic mass is 35.5. The van der Waals surface area contributed by atoms with Crippen LogP contribution in [-0.2, 0) is 16.1 Å². The summed E-state index contributed by atoms with van der Waals surface area (Å²) in [6.07, 6.45) is 1.36. The molecule has 0 saturated carbocycles. The van der Waals surface area contributed by atoms with Gasteiger partial charge in [-0.15, -0.1) is 0 Å². The van der Waals surface area contributed by atoms with Crippen molar-refractivity contribution in [3.8, 4) is 17.6 Å². The summed E-state index contributed by atoms with van der Waals surface area (Å²) in [4.78, 5) is 24.6. The lowest BCUT2D eigenvalue weighted by Crippen LogP contribution is -2.23. The Labute approximate surface area is 206 Å². The fourth-order valence-electron chi connectivity index (χ4n) is 3.04. The van der Waals surface area contributed by atoms with Crippen molar-refractivity contribution >= 4 is 35.2 Å². The number of anilines is 1. The van der Waals surface area contributed by atoms with E-state index < -0.39 is 24.2 Å². The van der Waals surface area contributed by atoms with Crippen LogP contribution in [0, 0.1) is 17.1 Å². The third kappa shape index (κ3) is 7.06. The summed E-state index contributed by atoms with van der Waals surface area (Å²) in [6.45, 7) is -0.185.